The molecule has 2 heterocycles. The number of carboxylic acids is 1. The molecule has 0 aliphatic carbocycles. The number of fused-ring (bicyclic) bond motifs is 1. The van der Waals surface area contributed by atoms with E-state index in [0.29, 0.717) is 5.75 Å². The Labute approximate surface area is 153 Å². The molecular weight excluding hydrogens is 327 g/mol. The zero-order chi connectivity index (χ0) is 14.9. The first-order valence-corrected chi connectivity index (χ1v) is 8.01. The third-order valence-electron chi connectivity index (χ3n) is 3.23. The molecule has 2 fully saturated rings. The Kier molecular flexibility index (Phi) is 7.35. The number of thioether (sulfide) groups is 2. The van der Waals surface area contributed by atoms with Gasteiger partial charge in [-0.25, -0.2) is 0 Å². The Bertz CT molecular complexity index is 437. The van der Waals surface area contributed by atoms with Crippen molar-refractivity contribution in [1.82, 2.24) is 4.90 Å². The molecule has 2 saturated heterocycles. The second-order valence-corrected chi connectivity index (χ2v) is 7.21. The SMILES string of the molecule is CON=CCSC1SC2C(C(C)O)C(=O)N2C1C(=O)[O-].[Na+]. The summed E-state index contributed by atoms with van der Waals surface area (Å²) in [6, 6.07) is -0.964. The minimum atomic E-state index is -1.27. The Morgan fingerprint density at radius 1 is 1.71 bits per heavy atom. The predicted octanol–water partition coefficient (Wildman–Crippen LogP) is -4.29. The van der Waals surface area contributed by atoms with Gasteiger partial charge in [-0.2, -0.15) is 0 Å². The quantitative estimate of drug-likeness (QED) is 0.226. The van der Waals surface area contributed by atoms with Gasteiger partial charge in [0, 0.05) is 5.75 Å². The molecule has 2 rings (SSSR count). The summed E-state index contributed by atoms with van der Waals surface area (Å²) in [5.74, 6) is -1.64. The topological polar surface area (TPSA) is 102 Å². The van der Waals surface area contributed by atoms with Gasteiger partial charge in [0.2, 0.25) is 5.91 Å². The average Bonchev–Trinajstić information content (AvgIpc) is 2.69. The van der Waals surface area contributed by atoms with Gasteiger partial charge in [-0.3, -0.25) is 4.79 Å². The van der Waals surface area contributed by atoms with Crippen molar-refractivity contribution in [3.63, 3.8) is 0 Å². The molecule has 1 N–H and O–H groups in total. The Hall–Kier alpha value is 0.0700. The van der Waals surface area contributed by atoms with Gasteiger partial charge in [0.1, 0.15) is 7.11 Å². The molecular formula is C11H15N2NaO5S2. The number of nitrogens with zero attached hydrogens (tertiary/aromatic N) is 2. The molecule has 1 amide bonds. The molecule has 10 heteroatoms. The van der Waals surface area contributed by atoms with Crippen molar-refractivity contribution in [2.45, 2.75) is 29.0 Å². The van der Waals surface area contributed by atoms with Gasteiger partial charge in [0.25, 0.3) is 0 Å². The summed E-state index contributed by atoms with van der Waals surface area (Å²) in [6.07, 6.45) is 0.749. The fraction of sp³-hybridized carbons (Fsp3) is 0.727. The van der Waals surface area contributed by atoms with E-state index in [9.17, 15) is 19.8 Å². The van der Waals surface area contributed by atoms with E-state index in [2.05, 4.69) is 9.99 Å². The molecule has 5 unspecified atom stereocenters. The first kappa shape index (κ1) is 19.1. The minimum Gasteiger partial charge on any atom is -0.548 e. The molecule has 5 atom stereocenters. The van der Waals surface area contributed by atoms with Crippen LogP contribution in [-0.4, -0.2) is 63.1 Å². The second kappa shape index (κ2) is 8.07. The van der Waals surface area contributed by atoms with Crippen molar-refractivity contribution in [1.29, 1.82) is 0 Å². The molecule has 0 radical (unpaired) electrons. The van der Waals surface area contributed by atoms with Gasteiger partial charge in [0.15, 0.2) is 0 Å². The average molecular weight is 342 g/mol. The van der Waals surface area contributed by atoms with Crippen LogP contribution >= 0.6 is 23.5 Å². The number of hydrogen-bond acceptors (Lipinski definition) is 8. The standard InChI is InChI=1S/C11H16N2O5S2.Na/c1-5(14)6-8(15)13-7(10(16)17)11(20-9(6)13)19-4-3-12-18-2;/h3,5-7,9,11,14H,4H2,1-2H3,(H,16,17);/q;+1/p-1. The third kappa shape index (κ3) is 3.70. The van der Waals surface area contributed by atoms with Gasteiger partial charge in [0.05, 0.1) is 40.2 Å². The largest absolute Gasteiger partial charge is 1.00 e. The van der Waals surface area contributed by atoms with Crippen molar-refractivity contribution in [3.8, 4) is 0 Å². The molecule has 0 aromatic heterocycles. The van der Waals surface area contributed by atoms with Crippen LogP contribution in [0, 0.1) is 5.92 Å². The van der Waals surface area contributed by atoms with Gasteiger partial charge in [-0.05, 0) is 6.92 Å². The van der Waals surface area contributed by atoms with Crippen molar-refractivity contribution < 1.29 is 54.2 Å². The Morgan fingerprint density at radius 2 is 2.38 bits per heavy atom. The predicted molar refractivity (Wildman–Crippen MR) is 73.9 cm³/mol. The van der Waals surface area contributed by atoms with E-state index in [1.165, 1.54) is 41.7 Å². The fourth-order valence-electron chi connectivity index (χ4n) is 2.34. The van der Waals surface area contributed by atoms with Crippen LogP contribution in [0.15, 0.2) is 5.16 Å². The van der Waals surface area contributed by atoms with E-state index < -0.39 is 24.0 Å². The molecule has 21 heavy (non-hydrogen) atoms. The van der Waals surface area contributed by atoms with Crippen LogP contribution in [0.2, 0.25) is 0 Å². The van der Waals surface area contributed by atoms with Gasteiger partial charge in [-0.1, -0.05) is 5.16 Å². The number of aliphatic hydroxyl groups excluding tert-OH is 1. The van der Waals surface area contributed by atoms with E-state index >= 15 is 0 Å². The molecule has 0 aromatic carbocycles. The molecule has 0 saturated carbocycles. The number of aliphatic carboxylic acids is 1. The van der Waals surface area contributed by atoms with Crippen LogP contribution in [0.3, 0.4) is 0 Å². The number of carbonyl (C=O) groups is 2. The molecule has 2 aliphatic rings. The normalized spacial score (nSPS) is 32.3. The number of carboxylic acid groups (broad SMARTS) is 1. The van der Waals surface area contributed by atoms with Crippen LogP contribution < -0.4 is 34.7 Å². The summed E-state index contributed by atoms with van der Waals surface area (Å²) in [5.41, 5.74) is 0. The maximum Gasteiger partial charge on any atom is 1.00 e. The smallest absolute Gasteiger partial charge is 0.548 e. The second-order valence-electron chi connectivity index (χ2n) is 4.47. The first-order valence-electron chi connectivity index (χ1n) is 6.02. The maximum absolute atomic E-state index is 11.9. The molecule has 2 aliphatic heterocycles. The van der Waals surface area contributed by atoms with E-state index in [0.717, 1.165) is 0 Å². The molecule has 0 spiro atoms. The Morgan fingerprint density at radius 3 is 2.90 bits per heavy atom. The minimum absolute atomic E-state index is 0. The Balaban J connectivity index is 0.00000220. The van der Waals surface area contributed by atoms with Gasteiger partial charge < -0.3 is 24.7 Å². The summed E-state index contributed by atoms with van der Waals surface area (Å²) in [5, 5.41) is 24.1. The van der Waals surface area contributed by atoms with Gasteiger partial charge in [-0.15, -0.1) is 23.5 Å². The number of hydrogen-bond donors (Lipinski definition) is 1. The number of aliphatic hydroxyl groups is 1. The van der Waals surface area contributed by atoms with Crippen molar-refractivity contribution in [3.05, 3.63) is 0 Å². The van der Waals surface area contributed by atoms with Crippen LogP contribution in [0.1, 0.15) is 6.92 Å². The molecule has 112 valence electrons. The van der Waals surface area contributed by atoms with E-state index in [1.54, 1.807) is 6.92 Å². The summed E-state index contributed by atoms with van der Waals surface area (Å²) in [4.78, 5) is 29.0. The fourth-order valence-corrected chi connectivity index (χ4v) is 5.54. The van der Waals surface area contributed by atoms with Gasteiger partial charge >= 0.3 is 29.6 Å². The number of rotatable bonds is 6. The van der Waals surface area contributed by atoms with E-state index in [-0.39, 0.29) is 45.4 Å². The molecule has 0 bridgehead atoms. The first-order chi connectivity index (χ1) is 9.49. The van der Waals surface area contributed by atoms with Crippen molar-refractivity contribution in [2.75, 3.05) is 12.9 Å². The number of oxime groups is 1. The molecule has 7 nitrogen and oxygen atoms in total. The maximum atomic E-state index is 11.9. The summed E-state index contributed by atoms with van der Waals surface area (Å²) in [7, 11) is 1.42. The van der Waals surface area contributed by atoms with Crippen molar-refractivity contribution in [2.24, 2.45) is 11.1 Å². The van der Waals surface area contributed by atoms with Crippen LogP contribution in [0.4, 0.5) is 0 Å². The third-order valence-corrected chi connectivity index (χ3v) is 6.22. The van der Waals surface area contributed by atoms with Crippen LogP contribution in [0.25, 0.3) is 0 Å². The van der Waals surface area contributed by atoms with E-state index in [4.69, 9.17) is 0 Å². The van der Waals surface area contributed by atoms with Crippen molar-refractivity contribution >= 4 is 41.6 Å². The zero-order valence-electron chi connectivity index (χ0n) is 12.0. The number of β-lactam (4-membered cyclic amide) rings is 1. The van der Waals surface area contributed by atoms with Crippen LogP contribution in [0.5, 0.6) is 0 Å². The number of amides is 1. The summed E-state index contributed by atoms with van der Waals surface area (Å²) >= 11 is 2.74. The monoisotopic (exact) mass is 342 g/mol. The number of carbonyl (C=O) groups excluding carboxylic acids is 2. The van der Waals surface area contributed by atoms with E-state index in [1.807, 2.05) is 0 Å². The summed E-state index contributed by atoms with van der Waals surface area (Å²) in [6.45, 7) is 1.54. The molecule has 0 aromatic rings. The zero-order valence-corrected chi connectivity index (χ0v) is 15.6. The van der Waals surface area contributed by atoms with Crippen LogP contribution in [-0.2, 0) is 14.4 Å². The summed E-state index contributed by atoms with van der Waals surface area (Å²) < 4.78 is -0.332.